The van der Waals surface area contributed by atoms with E-state index in [1.165, 1.54) is 0 Å². The van der Waals surface area contributed by atoms with E-state index in [1.54, 1.807) is 71.6 Å². The molecule has 0 amide bonds. The molecule has 2 aromatic carbocycles. The van der Waals surface area contributed by atoms with Crippen LogP contribution in [0.2, 0.25) is 0 Å². The quantitative estimate of drug-likeness (QED) is 0.208. The minimum Gasteiger partial charge on any atom is -0.508 e. The van der Waals surface area contributed by atoms with Crippen LogP contribution in [0.5, 0.6) is 11.5 Å². The average Bonchev–Trinajstić information content (AvgIpc) is 3.70. The molecule has 0 spiro atoms. The lowest BCUT2D eigenvalue weighted by atomic mass is 10.2. The number of thiophene rings is 2. The Labute approximate surface area is 232 Å². The Hall–Kier alpha value is -4.19. The van der Waals surface area contributed by atoms with Crippen LogP contribution in [0.25, 0.3) is 49.0 Å². The summed E-state index contributed by atoms with van der Waals surface area (Å²) < 4.78 is 4.70. The zero-order valence-corrected chi connectivity index (χ0v) is 22.7. The normalized spacial score (nSPS) is 11.0. The molecule has 0 aliphatic carbocycles. The second-order valence-corrected chi connectivity index (χ2v) is 10.6. The van der Waals surface area contributed by atoms with Crippen LogP contribution >= 0.6 is 38.6 Å². The Morgan fingerprint density at radius 2 is 1.32 bits per heavy atom. The van der Waals surface area contributed by atoms with Crippen LogP contribution in [-0.2, 0) is 0 Å². The van der Waals surface area contributed by atoms with E-state index in [1.807, 2.05) is 45.8 Å². The van der Waals surface area contributed by atoms with Crippen LogP contribution < -0.4 is 0 Å². The smallest absolute Gasteiger partial charge is 0.162 e. The third-order valence-corrected chi connectivity index (χ3v) is 8.15. The van der Waals surface area contributed by atoms with Gasteiger partial charge in [0.25, 0.3) is 0 Å². The van der Waals surface area contributed by atoms with Gasteiger partial charge in [-0.2, -0.15) is 0 Å². The molecule has 7 rings (SSSR count). The van der Waals surface area contributed by atoms with E-state index in [2.05, 4.69) is 40.8 Å². The van der Waals surface area contributed by atoms with Crippen molar-refractivity contribution in [1.29, 1.82) is 0 Å². The largest absolute Gasteiger partial charge is 0.508 e. The lowest BCUT2D eigenvalue weighted by Gasteiger charge is -2.07. The summed E-state index contributed by atoms with van der Waals surface area (Å²) in [5, 5.41) is 23.1. The third-order valence-electron chi connectivity index (χ3n) is 5.51. The SMILES string of the molecule is Oc1cccc(-c2nc(-n3ccnc3)c3sccc3n2)c1.Oc1cccc(-c2nc(Br)c3sccc3n2)c1. The number of phenols is 2. The molecular formula is C27H17BrN6O2S2. The maximum absolute atomic E-state index is 9.63. The Morgan fingerprint density at radius 1 is 0.711 bits per heavy atom. The molecule has 0 unspecified atom stereocenters. The second kappa shape index (κ2) is 10.3. The summed E-state index contributed by atoms with van der Waals surface area (Å²) in [7, 11) is 0. The third kappa shape index (κ3) is 4.86. The lowest BCUT2D eigenvalue weighted by molar-refractivity contribution is 0.475. The average molecular weight is 602 g/mol. The molecule has 0 radical (unpaired) electrons. The molecule has 11 heteroatoms. The van der Waals surface area contributed by atoms with E-state index in [0.717, 1.165) is 42.0 Å². The number of imidazole rings is 1. The number of fused-ring (bicyclic) bond motifs is 2. The van der Waals surface area contributed by atoms with E-state index in [4.69, 9.17) is 0 Å². The van der Waals surface area contributed by atoms with Crippen LogP contribution in [0.3, 0.4) is 0 Å². The fourth-order valence-electron chi connectivity index (χ4n) is 3.78. The molecule has 5 aromatic heterocycles. The van der Waals surface area contributed by atoms with Crippen LogP contribution in [0, 0.1) is 0 Å². The molecule has 5 heterocycles. The summed E-state index contributed by atoms with van der Waals surface area (Å²) in [6.45, 7) is 0. The van der Waals surface area contributed by atoms with Crippen molar-refractivity contribution in [2.75, 3.05) is 0 Å². The van der Waals surface area contributed by atoms with Gasteiger partial charge in [-0.3, -0.25) is 4.57 Å². The van der Waals surface area contributed by atoms with Crippen LogP contribution in [-0.4, -0.2) is 39.7 Å². The van der Waals surface area contributed by atoms with E-state index in [-0.39, 0.29) is 11.5 Å². The number of rotatable bonds is 3. The molecule has 0 aliphatic heterocycles. The van der Waals surface area contributed by atoms with Crippen molar-refractivity contribution < 1.29 is 10.2 Å². The van der Waals surface area contributed by atoms with Crippen molar-refractivity contribution >= 4 is 59.0 Å². The van der Waals surface area contributed by atoms with Crippen molar-refractivity contribution in [3.05, 3.63) is 94.7 Å². The summed E-state index contributed by atoms with van der Waals surface area (Å²) in [5.74, 6) is 2.41. The maximum Gasteiger partial charge on any atom is 0.162 e. The molecule has 8 nitrogen and oxygen atoms in total. The molecule has 2 N–H and O–H groups in total. The van der Waals surface area contributed by atoms with Crippen LogP contribution in [0.15, 0.2) is 94.7 Å². The molecule has 0 saturated carbocycles. The summed E-state index contributed by atoms with van der Waals surface area (Å²) in [6, 6.07) is 17.8. The van der Waals surface area contributed by atoms with Crippen molar-refractivity contribution in [1.82, 2.24) is 29.5 Å². The van der Waals surface area contributed by atoms with Gasteiger partial charge < -0.3 is 10.2 Å². The lowest BCUT2D eigenvalue weighted by Crippen LogP contribution is -1.99. The predicted molar refractivity (Wildman–Crippen MR) is 154 cm³/mol. The number of benzene rings is 2. The Balaban J connectivity index is 0.000000142. The zero-order valence-electron chi connectivity index (χ0n) is 19.4. The van der Waals surface area contributed by atoms with Crippen molar-refractivity contribution in [3.63, 3.8) is 0 Å². The molecule has 0 bridgehead atoms. The Kier molecular flexibility index (Phi) is 6.54. The number of halogens is 1. The fraction of sp³-hybridized carbons (Fsp3) is 0. The standard InChI is InChI=1S/C15H10N4OS.C12H7BrN2OS/c20-11-3-1-2-10(8-11)14-17-12-4-7-21-13(12)15(18-14)19-6-5-16-9-19;13-11-10-9(4-5-17-10)14-12(15-11)7-2-1-3-8(16)6-7/h1-9,20H;1-6,16H. The molecular weight excluding hydrogens is 584 g/mol. The Bertz CT molecular complexity index is 1880. The van der Waals surface area contributed by atoms with Gasteiger partial charge in [-0.15, -0.1) is 22.7 Å². The fourth-order valence-corrected chi connectivity index (χ4v) is 5.97. The minimum absolute atomic E-state index is 0.200. The molecule has 0 aliphatic rings. The van der Waals surface area contributed by atoms with Crippen molar-refractivity contribution in [2.45, 2.75) is 0 Å². The van der Waals surface area contributed by atoms with Gasteiger partial charge in [0.1, 0.15) is 22.4 Å². The van der Waals surface area contributed by atoms with Gasteiger partial charge in [-0.25, -0.2) is 24.9 Å². The number of hydrogen-bond acceptors (Lipinski definition) is 9. The zero-order chi connectivity index (χ0) is 26.1. The van der Waals surface area contributed by atoms with Gasteiger partial charge in [0.2, 0.25) is 0 Å². The molecule has 186 valence electrons. The predicted octanol–water partition coefficient (Wildman–Crippen LogP) is 7.08. The van der Waals surface area contributed by atoms with Gasteiger partial charge in [0.05, 0.1) is 20.4 Å². The maximum atomic E-state index is 9.63. The highest BCUT2D eigenvalue weighted by atomic mass is 79.9. The number of phenolic OH excluding ortho intramolecular Hbond substituents is 2. The highest BCUT2D eigenvalue weighted by molar-refractivity contribution is 9.10. The topological polar surface area (TPSA) is 110 Å². The molecule has 0 saturated heterocycles. The van der Waals surface area contributed by atoms with Crippen molar-refractivity contribution in [2.24, 2.45) is 0 Å². The van der Waals surface area contributed by atoms with Gasteiger partial charge in [-0.05, 0) is 63.1 Å². The molecule has 38 heavy (non-hydrogen) atoms. The van der Waals surface area contributed by atoms with Gasteiger partial charge in [-0.1, -0.05) is 24.3 Å². The van der Waals surface area contributed by atoms with Crippen LogP contribution in [0.4, 0.5) is 0 Å². The van der Waals surface area contributed by atoms with E-state index in [0.29, 0.717) is 11.6 Å². The number of aromatic hydroxyl groups is 2. The summed E-state index contributed by atoms with van der Waals surface area (Å²) >= 11 is 6.64. The first kappa shape index (κ1) is 24.2. The van der Waals surface area contributed by atoms with Gasteiger partial charge in [0, 0.05) is 23.5 Å². The first-order valence-corrected chi connectivity index (χ1v) is 13.8. The molecule has 0 fully saturated rings. The number of aromatic nitrogens is 6. The second-order valence-electron chi connectivity index (χ2n) is 8.05. The highest BCUT2D eigenvalue weighted by Crippen LogP contribution is 2.30. The van der Waals surface area contributed by atoms with E-state index >= 15 is 0 Å². The highest BCUT2D eigenvalue weighted by Gasteiger charge is 2.12. The van der Waals surface area contributed by atoms with Crippen LogP contribution in [0.1, 0.15) is 0 Å². The summed E-state index contributed by atoms with van der Waals surface area (Å²) in [5.41, 5.74) is 3.38. The van der Waals surface area contributed by atoms with Crippen molar-refractivity contribution in [3.8, 4) is 40.1 Å². The van der Waals surface area contributed by atoms with Gasteiger partial charge in [0.15, 0.2) is 17.5 Å². The molecule has 0 atom stereocenters. The van der Waals surface area contributed by atoms with E-state index in [9.17, 15) is 10.2 Å². The monoisotopic (exact) mass is 600 g/mol. The number of nitrogens with zero attached hydrogens (tertiary/aromatic N) is 6. The summed E-state index contributed by atoms with van der Waals surface area (Å²) in [4.78, 5) is 22.1. The first-order valence-electron chi connectivity index (χ1n) is 11.3. The van der Waals surface area contributed by atoms with E-state index < -0.39 is 0 Å². The minimum atomic E-state index is 0.200. The molecule has 7 aromatic rings. The Morgan fingerprint density at radius 3 is 1.92 bits per heavy atom. The van der Waals surface area contributed by atoms with Gasteiger partial charge >= 0.3 is 0 Å². The summed E-state index contributed by atoms with van der Waals surface area (Å²) in [6.07, 6.45) is 5.29. The number of hydrogen-bond donors (Lipinski definition) is 2. The first-order chi connectivity index (χ1) is 18.5.